The highest BCUT2D eigenvalue weighted by molar-refractivity contribution is 14.1. The molecule has 0 saturated heterocycles. The van der Waals surface area contributed by atoms with Gasteiger partial charge in [-0.05, 0) is 52.4 Å². The van der Waals surface area contributed by atoms with E-state index in [1.807, 2.05) is 49.5 Å². The van der Waals surface area contributed by atoms with Crippen LogP contribution in [0.15, 0.2) is 51.4 Å². The first kappa shape index (κ1) is 16.0. The van der Waals surface area contributed by atoms with Gasteiger partial charge < -0.3 is 4.90 Å². The summed E-state index contributed by atoms with van der Waals surface area (Å²) >= 11 is 9.11. The molecule has 0 unspecified atom stereocenters. The second-order valence-corrected chi connectivity index (χ2v) is 7.31. The minimum absolute atomic E-state index is 0.0199. The van der Waals surface area contributed by atoms with E-state index in [1.54, 1.807) is 4.90 Å². The first-order valence-corrected chi connectivity index (χ1v) is 8.59. The molecular weight excluding hydrogens is 497 g/mol. The molecule has 0 fully saturated rings. The highest BCUT2D eigenvalue weighted by atomic mass is 127. The van der Waals surface area contributed by atoms with Gasteiger partial charge >= 0.3 is 0 Å². The van der Waals surface area contributed by atoms with Crippen molar-refractivity contribution in [3.05, 3.63) is 66.1 Å². The standard InChI is InChI=1S/C15H12Br2INO/c1-19(9-10-4-2-3-5-13(10)17)15(20)12-8-11(16)6-7-14(12)18/h2-8H,9H2,1H3. The quantitative estimate of drug-likeness (QED) is 0.529. The molecule has 2 rings (SSSR count). The zero-order chi connectivity index (χ0) is 14.7. The van der Waals surface area contributed by atoms with E-state index in [2.05, 4.69) is 54.5 Å². The van der Waals surface area contributed by atoms with Gasteiger partial charge in [0.1, 0.15) is 0 Å². The van der Waals surface area contributed by atoms with E-state index in [0.717, 1.165) is 23.6 Å². The van der Waals surface area contributed by atoms with Crippen molar-refractivity contribution in [1.82, 2.24) is 4.90 Å². The third kappa shape index (κ3) is 3.83. The second-order valence-electron chi connectivity index (χ2n) is 4.38. The van der Waals surface area contributed by atoms with Gasteiger partial charge in [-0.2, -0.15) is 0 Å². The lowest BCUT2D eigenvalue weighted by Gasteiger charge is -2.19. The van der Waals surface area contributed by atoms with Crippen molar-refractivity contribution >= 4 is 60.4 Å². The predicted molar refractivity (Wildman–Crippen MR) is 96.8 cm³/mol. The summed E-state index contributed by atoms with van der Waals surface area (Å²) in [6, 6.07) is 13.7. The maximum absolute atomic E-state index is 12.5. The van der Waals surface area contributed by atoms with Crippen LogP contribution in [0.25, 0.3) is 0 Å². The minimum Gasteiger partial charge on any atom is -0.337 e. The number of amides is 1. The monoisotopic (exact) mass is 507 g/mol. The second kappa shape index (κ2) is 7.04. The highest BCUT2D eigenvalue weighted by Crippen LogP contribution is 2.22. The number of nitrogens with zero attached hydrogens (tertiary/aromatic N) is 1. The molecule has 0 heterocycles. The van der Waals surface area contributed by atoms with Gasteiger partial charge in [0.15, 0.2) is 0 Å². The predicted octanol–water partition coefficient (Wildman–Crippen LogP) is 5.09. The lowest BCUT2D eigenvalue weighted by atomic mass is 10.1. The van der Waals surface area contributed by atoms with E-state index < -0.39 is 0 Å². The van der Waals surface area contributed by atoms with E-state index in [9.17, 15) is 4.79 Å². The molecule has 2 aromatic rings. The summed E-state index contributed by atoms with van der Waals surface area (Å²) in [5, 5.41) is 0. The summed E-state index contributed by atoms with van der Waals surface area (Å²) in [5.74, 6) is 0.0199. The van der Waals surface area contributed by atoms with E-state index in [-0.39, 0.29) is 5.91 Å². The molecule has 0 bridgehead atoms. The van der Waals surface area contributed by atoms with Crippen molar-refractivity contribution in [2.24, 2.45) is 0 Å². The van der Waals surface area contributed by atoms with Crippen LogP contribution in [0.3, 0.4) is 0 Å². The van der Waals surface area contributed by atoms with Crippen LogP contribution in [0.1, 0.15) is 15.9 Å². The molecule has 2 nitrogen and oxygen atoms in total. The number of carbonyl (C=O) groups excluding carboxylic acids is 1. The summed E-state index contributed by atoms with van der Waals surface area (Å²) in [7, 11) is 1.82. The van der Waals surface area contributed by atoms with Crippen molar-refractivity contribution in [3.8, 4) is 0 Å². The summed E-state index contributed by atoms with van der Waals surface area (Å²) < 4.78 is 2.88. The first-order valence-electron chi connectivity index (χ1n) is 5.93. The third-order valence-electron chi connectivity index (χ3n) is 2.87. The van der Waals surface area contributed by atoms with E-state index in [1.165, 1.54) is 0 Å². The largest absolute Gasteiger partial charge is 0.337 e. The highest BCUT2D eigenvalue weighted by Gasteiger charge is 2.16. The fraction of sp³-hybridized carbons (Fsp3) is 0.133. The lowest BCUT2D eigenvalue weighted by molar-refractivity contribution is 0.0783. The number of hydrogen-bond acceptors (Lipinski definition) is 1. The van der Waals surface area contributed by atoms with Crippen molar-refractivity contribution < 1.29 is 4.79 Å². The molecule has 1 amide bonds. The van der Waals surface area contributed by atoms with E-state index in [4.69, 9.17) is 0 Å². The normalized spacial score (nSPS) is 10.4. The number of hydrogen-bond donors (Lipinski definition) is 0. The van der Waals surface area contributed by atoms with Gasteiger partial charge in [-0.15, -0.1) is 0 Å². The molecule has 0 radical (unpaired) electrons. The Kier molecular flexibility index (Phi) is 5.63. The fourth-order valence-electron chi connectivity index (χ4n) is 1.82. The topological polar surface area (TPSA) is 20.3 Å². The van der Waals surface area contributed by atoms with Crippen LogP contribution in [0, 0.1) is 3.57 Å². The van der Waals surface area contributed by atoms with Gasteiger partial charge in [0, 0.05) is 26.1 Å². The van der Waals surface area contributed by atoms with Crippen LogP contribution < -0.4 is 0 Å². The molecule has 20 heavy (non-hydrogen) atoms. The zero-order valence-corrected chi connectivity index (χ0v) is 16.1. The van der Waals surface area contributed by atoms with E-state index in [0.29, 0.717) is 6.54 Å². The maximum atomic E-state index is 12.5. The van der Waals surface area contributed by atoms with Crippen molar-refractivity contribution in [3.63, 3.8) is 0 Å². The summed E-state index contributed by atoms with van der Waals surface area (Å²) in [4.78, 5) is 14.2. The van der Waals surface area contributed by atoms with Gasteiger partial charge in [0.2, 0.25) is 0 Å². The summed E-state index contributed by atoms with van der Waals surface area (Å²) in [6.45, 7) is 0.572. The SMILES string of the molecule is CN(Cc1ccccc1Br)C(=O)c1cc(Br)ccc1I. The molecule has 0 atom stereocenters. The van der Waals surface area contributed by atoms with Crippen LogP contribution in [0.4, 0.5) is 0 Å². The zero-order valence-electron chi connectivity index (χ0n) is 10.7. The fourth-order valence-corrected chi connectivity index (χ4v) is 3.16. The van der Waals surface area contributed by atoms with Crippen molar-refractivity contribution in [1.29, 1.82) is 0 Å². The maximum Gasteiger partial charge on any atom is 0.255 e. The number of benzene rings is 2. The van der Waals surface area contributed by atoms with Gasteiger partial charge in [-0.25, -0.2) is 0 Å². The van der Waals surface area contributed by atoms with Gasteiger partial charge in [0.25, 0.3) is 5.91 Å². The van der Waals surface area contributed by atoms with Gasteiger partial charge in [0.05, 0.1) is 5.56 Å². The Hall–Kier alpha value is -0.400. The molecule has 5 heteroatoms. The van der Waals surface area contributed by atoms with Gasteiger partial charge in [-0.3, -0.25) is 4.79 Å². The lowest BCUT2D eigenvalue weighted by Crippen LogP contribution is -2.27. The molecular formula is C15H12Br2INO. The molecule has 0 aliphatic rings. The Morgan fingerprint density at radius 3 is 2.60 bits per heavy atom. The number of rotatable bonds is 3. The number of carbonyl (C=O) groups is 1. The van der Waals surface area contributed by atoms with Crippen LogP contribution >= 0.6 is 54.5 Å². The smallest absolute Gasteiger partial charge is 0.255 e. The average Bonchev–Trinajstić information content (AvgIpc) is 2.43. The molecule has 104 valence electrons. The van der Waals surface area contributed by atoms with Crippen LogP contribution in [-0.2, 0) is 6.54 Å². The summed E-state index contributed by atoms with van der Waals surface area (Å²) in [6.07, 6.45) is 0. The minimum atomic E-state index is 0.0199. The average molecular weight is 509 g/mol. The van der Waals surface area contributed by atoms with Crippen LogP contribution in [0.2, 0.25) is 0 Å². The third-order valence-corrected chi connectivity index (χ3v) is 5.08. The Labute approximate surface area is 149 Å². The Balaban J connectivity index is 2.21. The van der Waals surface area contributed by atoms with Crippen molar-refractivity contribution in [2.45, 2.75) is 6.54 Å². The molecule has 0 aliphatic heterocycles. The molecule has 0 spiro atoms. The Bertz CT molecular complexity index is 646. The Morgan fingerprint density at radius 2 is 1.90 bits per heavy atom. The molecule has 0 saturated carbocycles. The van der Waals surface area contributed by atoms with Crippen LogP contribution in [0.5, 0.6) is 0 Å². The first-order chi connectivity index (χ1) is 9.49. The van der Waals surface area contributed by atoms with Gasteiger partial charge in [-0.1, -0.05) is 50.1 Å². The number of halogens is 3. The van der Waals surface area contributed by atoms with Crippen molar-refractivity contribution in [2.75, 3.05) is 7.05 Å². The van der Waals surface area contributed by atoms with Crippen LogP contribution in [-0.4, -0.2) is 17.9 Å². The van der Waals surface area contributed by atoms with E-state index >= 15 is 0 Å². The molecule has 2 aromatic carbocycles. The molecule has 0 N–H and O–H groups in total. The summed E-state index contributed by atoms with van der Waals surface area (Å²) in [5.41, 5.74) is 1.81. The molecule has 0 aromatic heterocycles. The Morgan fingerprint density at radius 1 is 1.20 bits per heavy atom. The molecule has 0 aliphatic carbocycles.